The predicted octanol–water partition coefficient (Wildman–Crippen LogP) is 3.30. The van der Waals surface area contributed by atoms with Gasteiger partial charge in [-0.1, -0.05) is 18.2 Å². The van der Waals surface area contributed by atoms with E-state index in [0.29, 0.717) is 6.54 Å². The fourth-order valence-electron chi connectivity index (χ4n) is 5.46. The van der Waals surface area contributed by atoms with Gasteiger partial charge in [-0.2, -0.15) is 0 Å². The lowest BCUT2D eigenvalue weighted by Gasteiger charge is -2.55. The molecule has 0 aromatic heterocycles. The quantitative estimate of drug-likeness (QED) is 0.894. The third-order valence-corrected chi connectivity index (χ3v) is 6.01. The number of amides is 1. The van der Waals surface area contributed by atoms with E-state index in [4.69, 9.17) is 5.73 Å². The summed E-state index contributed by atoms with van der Waals surface area (Å²) >= 11 is 0. The van der Waals surface area contributed by atoms with Crippen LogP contribution in [-0.4, -0.2) is 5.91 Å². The van der Waals surface area contributed by atoms with Gasteiger partial charge in [0.05, 0.1) is 5.41 Å². The van der Waals surface area contributed by atoms with Crippen LogP contribution in [-0.2, 0) is 11.3 Å². The van der Waals surface area contributed by atoms with E-state index >= 15 is 0 Å². The summed E-state index contributed by atoms with van der Waals surface area (Å²) in [7, 11) is 0. The van der Waals surface area contributed by atoms with Crippen LogP contribution in [0.1, 0.15) is 44.1 Å². The molecule has 1 aromatic rings. The third-order valence-electron chi connectivity index (χ3n) is 6.01. The molecule has 3 nitrogen and oxygen atoms in total. The van der Waals surface area contributed by atoms with Gasteiger partial charge in [0, 0.05) is 12.2 Å². The lowest BCUT2D eigenvalue weighted by atomic mass is 9.49. The van der Waals surface area contributed by atoms with Crippen molar-refractivity contribution in [1.82, 2.24) is 0 Å². The minimum absolute atomic E-state index is 0.0868. The van der Waals surface area contributed by atoms with Crippen molar-refractivity contribution in [2.75, 3.05) is 5.32 Å². The van der Waals surface area contributed by atoms with Crippen LogP contribution in [0.5, 0.6) is 0 Å². The number of para-hydroxylation sites is 1. The van der Waals surface area contributed by atoms with Crippen molar-refractivity contribution in [2.24, 2.45) is 28.9 Å². The van der Waals surface area contributed by atoms with Crippen molar-refractivity contribution in [3.8, 4) is 0 Å². The highest BCUT2D eigenvalue weighted by Gasteiger charge is 2.54. The molecule has 21 heavy (non-hydrogen) atoms. The van der Waals surface area contributed by atoms with Gasteiger partial charge >= 0.3 is 0 Å². The maximum atomic E-state index is 13.0. The summed E-state index contributed by atoms with van der Waals surface area (Å²) in [6.45, 7) is 0.470. The smallest absolute Gasteiger partial charge is 0.230 e. The van der Waals surface area contributed by atoms with E-state index in [0.717, 1.165) is 48.3 Å². The first-order chi connectivity index (χ1) is 10.2. The molecule has 0 atom stereocenters. The SMILES string of the molecule is NCc1ccccc1NC(=O)C12CC3CC(CC(C3)C1)C2. The number of nitrogens with one attached hydrogen (secondary N) is 1. The molecule has 4 fully saturated rings. The molecule has 0 saturated heterocycles. The molecule has 4 saturated carbocycles. The Kier molecular flexibility index (Phi) is 3.07. The fraction of sp³-hybridized carbons (Fsp3) is 0.611. The maximum Gasteiger partial charge on any atom is 0.230 e. The summed E-state index contributed by atoms with van der Waals surface area (Å²) in [6, 6.07) is 7.91. The molecule has 4 aliphatic rings. The Labute approximate surface area is 126 Å². The highest BCUT2D eigenvalue weighted by molar-refractivity contribution is 5.96. The van der Waals surface area contributed by atoms with Gasteiger partial charge in [-0.25, -0.2) is 0 Å². The normalized spacial score (nSPS) is 36.7. The summed E-state index contributed by atoms with van der Waals surface area (Å²) in [5.41, 5.74) is 7.62. The molecule has 0 unspecified atom stereocenters. The second-order valence-electron chi connectivity index (χ2n) is 7.51. The molecule has 4 bridgehead atoms. The lowest BCUT2D eigenvalue weighted by molar-refractivity contribution is -0.140. The number of benzene rings is 1. The summed E-state index contributed by atoms with van der Waals surface area (Å²) in [4.78, 5) is 13.0. The van der Waals surface area contributed by atoms with Gasteiger partial charge in [-0.05, 0) is 67.9 Å². The average Bonchev–Trinajstić information content (AvgIpc) is 2.46. The second-order valence-corrected chi connectivity index (χ2v) is 7.51. The molecular formula is C18H24N2O. The summed E-state index contributed by atoms with van der Waals surface area (Å²) in [5, 5.41) is 3.20. The zero-order valence-corrected chi connectivity index (χ0v) is 12.5. The van der Waals surface area contributed by atoms with E-state index in [9.17, 15) is 4.79 Å². The van der Waals surface area contributed by atoms with E-state index in [1.165, 1.54) is 19.3 Å². The lowest BCUT2D eigenvalue weighted by Crippen LogP contribution is -2.51. The Morgan fingerprint density at radius 1 is 1.10 bits per heavy atom. The zero-order valence-electron chi connectivity index (χ0n) is 12.5. The molecule has 0 radical (unpaired) electrons. The minimum Gasteiger partial charge on any atom is -0.326 e. The molecule has 112 valence electrons. The standard InChI is InChI=1S/C18H24N2O/c19-11-15-3-1-2-4-16(15)20-17(21)18-8-12-5-13(9-18)7-14(6-12)10-18/h1-4,12-14H,5-11,19H2,(H,20,21). The van der Waals surface area contributed by atoms with Crippen LogP contribution in [0.25, 0.3) is 0 Å². The van der Waals surface area contributed by atoms with Crippen molar-refractivity contribution in [3.63, 3.8) is 0 Å². The summed E-state index contributed by atoms with van der Waals surface area (Å²) in [5.74, 6) is 2.65. The zero-order chi connectivity index (χ0) is 14.4. The van der Waals surface area contributed by atoms with E-state index in [1.54, 1.807) is 0 Å². The number of rotatable bonds is 3. The average molecular weight is 284 g/mol. The van der Waals surface area contributed by atoms with Crippen LogP contribution >= 0.6 is 0 Å². The van der Waals surface area contributed by atoms with Crippen molar-refractivity contribution in [3.05, 3.63) is 29.8 Å². The van der Waals surface area contributed by atoms with Gasteiger partial charge < -0.3 is 11.1 Å². The number of carbonyl (C=O) groups excluding carboxylic acids is 1. The Morgan fingerprint density at radius 3 is 2.24 bits per heavy atom. The van der Waals surface area contributed by atoms with Gasteiger partial charge in [0.2, 0.25) is 5.91 Å². The number of carbonyl (C=O) groups is 1. The Bertz CT molecular complexity index is 531. The van der Waals surface area contributed by atoms with Gasteiger partial charge in [0.15, 0.2) is 0 Å². The van der Waals surface area contributed by atoms with Gasteiger partial charge in [-0.3, -0.25) is 4.79 Å². The van der Waals surface area contributed by atoms with Gasteiger partial charge in [-0.15, -0.1) is 0 Å². The van der Waals surface area contributed by atoms with E-state index in [2.05, 4.69) is 5.32 Å². The maximum absolute atomic E-state index is 13.0. The highest BCUT2D eigenvalue weighted by atomic mass is 16.2. The topological polar surface area (TPSA) is 55.1 Å². The molecule has 0 spiro atoms. The predicted molar refractivity (Wildman–Crippen MR) is 83.6 cm³/mol. The second kappa shape index (κ2) is 4.84. The molecule has 3 N–H and O–H groups in total. The molecular weight excluding hydrogens is 260 g/mol. The van der Waals surface area contributed by atoms with Crippen LogP contribution < -0.4 is 11.1 Å². The molecule has 1 aromatic carbocycles. The van der Waals surface area contributed by atoms with E-state index in [1.807, 2.05) is 24.3 Å². The van der Waals surface area contributed by atoms with Crippen LogP contribution in [0.2, 0.25) is 0 Å². The Morgan fingerprint density at radius 2 is 1.67 bits per heavy atom. The first kappa shape index (κ1) is 13.3. The van der Waals surface area contributed by atoms with Gasteiger partial charge in [0.1, 0.15) is 0 Å². The summed E-state index contributed by atoms with van der Waals surface area (Å²) in [6.07, 6.45) is 7.42. The van der Waals surface area contributed by atoms with Crippen LogP contribution in [0.15, 0.2) is 24.3 Å². The van der Waals surface area contributed by atoms with Crippen LogP contribution in [0.3, 0.4) is 0 Å². The minimum atomic E-state index is -0.0868. The first-order valence-corrected chi connectivity index (χ1v) is 8.28. The molecule has 3 heteroatoms. The molecule has 4 aliphatic carbocycles. The van der Waals surface area contributed by atoms with Crippen LogP contribution in [0.4, 0.5) is 5.69 Å². The molecule has 0 heterocycles. The van der Waals surface area contributed by atoms with Crippen LogP contribution in [0, 0.1) is 23.2 Å². The number of hydrogen-bond donors (Lipinski definition) is 2. The Balaban J connectivity index is 1.57. The third kappa shape index (κ3) is 2.18. The van der Waals surface area contributed by atoms with Crippen molar-refractivity contribution >= 4 is 11.6 Å². The molecule has 0 aliphatic heterocycles. The highest BCUT2D eigenvalue weighted by Crippen LogP contribution is 2.60. The Hall–Kier alpha value is -1.35. The van der Waals surface area contributed by atoms with Gasteiger partial charge in [0.25, 0.3) is 0 Å². The first-order valence-electron chi connectivity index (χ1n) is 8.28. The summed E-state index contributed by atoms with van der Waals surface area (Å²) < 4.78 is 0. The van der Waals surface area contributed by atoms with E-state index in [-0.39, 0.29) is 11.3 Å². The number of anilines is 1. The van der Waals surface area contributed by atoms with Crippen molar-refractivity contribution < 1.29 is 4.79 Å². The molecule has 1 amide bonds. The largest absolute Gasteiger partial charge is 0.326 e. The molecule has 5 rings (SSSR count). The van der Waals surface area contributed by atoms with E-state index < -0.39 is 0 Å². The number of nitrogens with two attached hydrogens (primary N) is 1. The monoisotopic (exact) mass is 284 g/mol. The fourth-order valence-corrected chi connectivity index (χ4v) is 5.46. The number of hydrogen-bond acceptors (Lipinski definition) is 2. The van der Waals surface area contributed by atoms with Crippen molar-refractivity contribution in [1.29, 1.82) is 0 Å². The van der Waals surface area contributed by atoms with Crippen molar-refractivity contribution in [2.45, 2.75) is 45.1 Å².